The summed E-state index contributed by atoms with van der Waals surface area (Å²) in [5, 5.41) is 0. The summed E-state index contributed by atoms with van der Waals surface area (Å²) in [5.74, 6) is -0.920. The van der Waals surface area contributed by atoms with E-state index in [0.717, 1.165) is 109 Å². The van der Waals surface area contributed by atoms with E-state index in [4.69, 9.17) is 14.2 Å². The molecule has 344 valence electrons. The van der Waals surface area contributed by atoms with E-state index in [9.17, 15) is 14.4 Å². The van der Waals surface area contributed by atoms with Crippen LogP contribution in [0.15, 0.2) is 72.9 Å². The summed E-state index contributed by atoms with van der Waals surface area (Å²) in [4.78, 5) is 37.9. The minimum atomic E-state index is -0.789. The molecule has 0 aliphatic heterocycles. The van der Waals surface area contributed by atoms with Gasteiger partial charge in [-0.05, 0) is 70.6 Å². The van der Waals surface area contributed by atoms with Crippen LogP contribution in [0.4, 0.5) is 0 Å². The van der Waals surface area contributed by atoms with Crippen LogP contribution in [0.1, 0.15) is 233 Å². The van der Waals surface area contributed by atoms with Crippen molar-refractivity contribution in [3.8, 4) is 0 Å². The maximum absolute atomic E-state index is 12.8. The molecule has 0 bridgehead atoms. The molecule has 0 aromatic rings. The molecule has 1 atom stereocenters. The van der Waals surface area contributed by atoms with E-state index < -0.39 is 6.10 Å². The number of allylic oxidation sites excluding steroid dienone is 12. The number of ether oxygens (including phenoxy) is 3. The third-order valence-electron chi connectivity index (χ3n) is 10.5. The molecule has 0 fully saturated rings. The molecule has 0 radical (unpaired) electrons. The summed E-state index contributed by atoms with van der Waals surface area (Å²) >= 11 is 0. The Morgan fingerprint density at radius 2 is 0.733 bits per heavy atom. The molecular weight excluding hydrogens is 745 g/mol. The Bertz CT molecular complexity index is 1140. The molecular formula is C54H92O6. The zero-order valence-corrected chi connectivity index (χ0v) is 39.2. The molecule has 0 saturated carbocycles. The van der Waals surface area contributed by atoms with Crippen molar-refractivity contribution < 1.29 is 28.6 Å². The Morgan fingerprint density at radius 3 is 1.20 bits per heavy atom. The summed E-state index contributed by atoms with van der Waals surface area (Å²) in [6.07, 6.45) is 60.2. The summed E-state index contributed by atoms with van der Waals surface area (Å²) < 4.78 is 16.8. The largest absolute Gasteiger partial charge is 0.462 e. The zero-order chi connectivity index (χ0) is 43.7. The first kappa shape index (κ1) is 56.9. The van der Waals surface area contributed by atoms with Crippen LogP contribution in [0.25, 0.3) is 0 Å². The van der Waals surface area contributed by atoms with E-state index in [1.807, 2.05) is 0 Å². The van der Waals surface area contributed by atoms with Gasteiger partial charge in [-0.25, -0.2) is 0 Å². The monoisotopic (exact) mass is 837 g/mol. The van der Waals surface area contributed by atoms with Crippen LogP contribution in [-0.4, -0.2) is 37.2 Å². The fourth-order valence-electron chi connectivity index (χ4n) is 6.81. The molecule has 0 N–H and O–H groups in total. The van der Waals surface area contributed by atoms with Gasteiger partial charge in [-0.3, -0.25) is 14.4 Å². The van der Waals surface area contributed by atoms with Gasteiger partial charge in [0.15, 0.2) is 6.10 Å². The Balaban J connectivity index is 4.42. The molecule has 0 amide bonds. The highest BCUT2D eigenvalue weighted by molar-refractivity contribution is 5.71. The first-order chi connectivity index (χ1) is 29.5. The van der Waals surface area contributed by atoms with E-state index in [2.05, 4.69) is 93.7 Å². The van der Waals surface area contributed by atoms with Gasteiger partial charge in [-0.15, -0.1) is 0 Å². The number of carbonyl (C=O) groups is 3. The number of esters is 3. The number of hydrogen-bond donors (Lipinski definition) is 0. The molecule has 6 nitrogen and oxygen atoms in total. The summed E-state index contributed by atoms with van der Waals surface area (Å²) in [6.45, 7) is 6.36. The van der Waals surface area contributed by atoms with Gasteiger partial charge in [0, 0.05) is 19.3 Å². The fraction of sp³-hybridized carbons (Fsp3) is 0.722. The van der Waals surface area contributed by atoms with Gasteiger partial charge in [0.25, 0.3) is 0 Å². The minimum Gasteiger partial charge on any atom is -0.462 e. The van der Waals surface area contributed by atoms with Gasteiger partial charge in [-0.1, -0.05) is 216 Å². The number of hydrogen-bond acceptors (Lipinski definition) is 6. The first-order valence-corrected chi connectivity index (χ1v) is 25.0. The van der Waals surface area contributed by atoms with E-state index in [0.29, 0.717) is 19.3 Å². The second kappa shape index (κ2) is 48.5. The van der Waals surface area contributed by atoms with E-state index >= 15 is 0 Å². The highest BCUT2D eigenvalue weighted by Crippen LogP contribution is 2.15. The van der Waals surface area contributed by atoms with Crippen LogP contribution >= 0.6 is 0 Å². The highest BCUT2D eigenvalue weighted by atomic mass is 16.6. The topological polar surface area (TPSA) is 78.9 Å². The van der Waals surface area contributed by atoms with Crippen molar-refractivity contribution in [1.82, 2.24) is 0 Å². The van der Waals surface area contributed by atoms with Gasteiger partial charge in [0.1, 0.15) is 13.2 Å². The molecule has 1 unspecified atom stereocenters. The van der Waals surface area contributed by atoms with Gasteiger partial charge >= 0.3 is 17.9 Å². The lowest BCUT2D eigenvalue weighted by molar-refractivity contribution is -0.167. The van der Waals surface area contributed by atoms with Gasteiger partial charge < -0.3 is 14.2 Å². The van der Waals surface area contributed by atoms with Crippen LogP contribution in [0.2, 0.25) is 0 Å². The Hall–Kier alpha value is -3.15. The van der Waals surface area contributed by atoms with Crippen molar-refractivity contribution in [1.29, 1.82) is 0 Å². The molecule has 6 heteroatoms. The Labute approximate surface area is 370 Å². The average molecular weight is 837 g/mol. The molecule has 0 aliphatic rings. The Kier molecular flexibility index (Phi) is 46.0. The van der Waals surface area contributed by atoms with Crippen LogP contribution in [0, 0.1) is 0 Å². The van der Waals surface area contributed by atoms with Crippen molar-refractivity contribution >= 4 is 17.9 Å². The van der Waals surface area contributed by atoms with Gasteiger partial charge in [-0.2, -0.15) is 0 Å². The average Bonchev–Trinajstić information content (AvgIpc) is 3.24. The predicted molar refractivity (Wildman–Crippen MR) is 256 cm³/mol. The molecule has 0 aromatic carbocycles. The maximum Gasteiger partial charge on any atom is 0.306 e. The molecule has 0 spiro atoms. The first-order valence-electron chi connectivity index (χ1n) is 25.0. The predicted octanol–water partition coefficient (Wildman–Crippen LogP) is 16.3. The third kappa shape index (κ3) is 45.9. The van der Waals surface area contributed by atoms with Crippen LogP contribution in [0.3, 0.4) is 0 Å². The molecule has 0 heterocycles. The van der Waals surface area contributed by atoms with E-state index in [1.165, 1.54) is 83.5 Å². The number of carbonyl (C=O) groups excluding carboxylic acids is 3. The van der Waals surface area contributed by atoms with Crippen molar-refractivity contribution in [3.63, 3.8) is 0 Å². The SMILES string of the molecule is CC/C=C/C=C/C=C/CCCCCCCC(=O)OC(COC(=O)CCCCCCCC/C=C/C/C=C/C/C=C/CC)COC(=O)CCCCCCCCCCCCCCC. The number of unbranched alkanes of at least 4 members (excludes halogenated alkanes) is 23. The van der Waals surface area contributed by atoms with Crippen LogP contribution in [0.5, 0.6) is 0 Å². The van der Waals surface area contributed by atoms with Crippen LogP contribution in [-0.2, 0) is 28.6 Å². The second-order valence-corrected chi connectivity index (χ2v) is 16.4. The third-order valence-corrected chi connectivity index (χ3v) is 10.5. The fourth-order valence-corrected chi connectivity index (χ4v) is 6.81. The lowest BCUT2D eigenvalue weighted by atomic mass is 10.0. The van der Waals surface area contributed by atoms with Crippen molar-refractivity contribution in [2.45, 2.75) is 239 Å². The van der Waals surface area contributed by atoms with Gasteiger partial charge in [0.05, 0.1) is 0 Å². The molecule has 60 heavy (non-hydrogen) atoms. The normalized spacial score (nSPS) is 12.7. The van der Waals surface area contributed by atoms with Crippen molar-refractivity contribution in [2.75, 3.05) is 13.2 Å². The molecule has 0 rings (SSSR count). The van der Waals surface area contributed by atoms with E-state index in [-0.39, 0.29) is 31.1 Å². The number of rotatable bonds is 44. The summed E-state index contributed by atoms with van der Waals surface area (Å²) in [6, 6.07) is 0. The quantitative estimate of drug-likeness (QED) is 0.0200. The van der Waals surface area contributed by atoms with Crippen LogP contribution < -0.4 is 0 Å². The maximum atomic E-state index is 12.8. The molecule has 0 aromatic heterocycles. The standard InChI is InChI=1S/C54H92O6/c1-4-7-10-13-16-19-22-25-26-27-30-32-35-38-41-44-47-53(56)59-50-51(60-54(57)48-45-42-39-36-33-29-24-21-18-15-12-9-6-3)49-58-52(55)46-43-40-37-34-31-28-23-20-17-14-11-8-5-2/h7,9-10,12,15-16,18-19,21,24-26,51H,4-6,8,11,13-14,17,20,22-23,27-50H2,1-3H3/b10-7+,12-9+,18-15+,19-16+,24-21+,26-25+. The summed E-state index contributed by atoms with van der Waals surface area (Å²) in [7, 11) is 0. The highest BCUT2D eigenvalue weighted by Gasteiger charge is 2.19. The van der Waals surface area contributed by atoms with Gasteiger partial charge in [0.2, 0.25) is 0 Å². The lowest BCUT2D eigenvalue weighted by Gasteiger charge is -2.18. The zero-order valence-electron chi connectivity index (χ0n) is 39.2. The summed E-state index contributed by atoms with van der Waals surface area (Å²) in [5.41, 5.74) is 0. The molecule has 0 saturated heterocycles. The lowest BCUT2D eigenvalue weighted by Crippen LogP contribution is -2.30. The van der Waals surface area contributed by atoms with E-state index in [1.54, 1.807) is 0 Å². The second-order valence-electron chi connectivity index (χ2n) is 16.4. The smallest absolute Gasteiger partial charge is 0.306 e. The van der Waals surface area contributed by atoms with Crippen molar-refractivity contribution in [2.24, 2.45) is 0 Å². The minimum absolute atomic E-state index is 0.0869. The Morgan fingerprint density at radius 1 is 0.367 bits per heavy atom. The molecule has 0 aliphatic carbocycles. The van der Waals surface area contributed by atoms with Crippen molar-refractivity contribution in [3.05, 3.63) is 72.9 Å².